The quantitative estimate of drug-likeness (QED) is 0.587. The van der Waals surface area contributed by atoms with Gasteiger partial charge in [0.15, 0.2) is 11.5 Å². The third kappa shape index (κ3) is 4.05. The van der Waals surface area contributed by atoms with Crippen LogP contribution in [0.15, 0.2) is 33.3 Å². The second-order valence-electron chi connectivity index (χ2n) is 5.46. The van der Waals surface area contributed by atoms with Crippen molar-refractivity contribution in [1.29, 1.82) is 0 Å². The van der Waals surface area contributed by atoms with Gasteiger partial charge in [-0.1, -0.05) is 0 Å². The van der Waals surface area contributed by atoms with Crippen molar-refractivity contribution in [2.75, 3.05) is 13.7 Å². The number of sulfone groups is 1. The first-order valence-corrected chi connectivity index (χ1v) is 11.2. The van der Waals surface area contributed by atoms with E-state index in [-0.39, 0.29) is 10.1 Å². The van der Waals surface area contributed by atoms with E-state index in [0.29, 0.717) is 29.5 Å². The molecule has 26 heavy (non-hydrogen) atoms. The van der Waals surface area contributed by atoms with Crippen molar-refractivity contribution in [3.05, 3.63) is 40.3 Å². The van der Waals surface area contributed by atoms with Crippen molar-refractivity contribution < 1.29 is 17.9 Å². The van der Waals surface area contributed by atoms with Gasteiger partial charge in [0, 0.05) is 22.0 Å². The maximum atomic E-state index is 12.5. The van der Waals surface area contributed by atoms with E-state index in [0.717, 1.165) is 21.9 Å². The molecule has 0 spiro atoms. The van der Waals surface area contributed by atoms with Crippen LogP contribution in [-0.2, 0) is 15.6 Å². The van der Waals surface area contributed by atoms with Crippen LogP contribution in [0.2, 0.25) is 0 Å². The van der Waals surface area contributed by atoms with Crippen LogP contribution in [0, 0.1) is 6.92 Å². The van der Waals surface area contributed by atoms with Crippen molar-refractivity contribution in [3.8, 4) is 22.1 Å². The molecule has 0 saturated carbocycles. The number of aryl methyl sites for hydroxylation is 1. The molecular weight excluding hydrogens is 392 g/mol. The summed E-state index contributed by atoms with van der Waals surface area (Å²) in [7, 11) is -1.90. The Morgan fingerprint density at radius 3 is 2.58 bits per heavy atom. The minimum atomic E-state index is -3.48. The molecule has 0 N–H and O–H groups in total. The van der Waals surface area contributed by atoms with Crippen LogP contribution in [0.5, 0.6) is 11.5 Å². The Morgan fingerprint density at radius 2 is 1.92 bits per heavy atom. The summed E-state index contributed by atoms with van der Waals surface area (Å²) in [6, 6.07) is 5.55. The van der Waals surface area contributed by atoms with Gasteiger partial charge in [0.25, 0.3) is 0 Å². The predicted octanol–water partition coefficient (Wildman–Crippen LogP) is 3.96. The summed E-state index contributed by atoms with van der Waals surface area (Å²) in [6.45, 7) is 4.23. The summed E-state index contributed by atoms with van der Waals surface area (Å²) < 4.78 is 35.9. The van der Waals surface area contributed by atoms with Crippen molar-refractivity contribution in [2.45, 2.75) is 23.9 Å². The van der Waals surface area contributed by atoms with Gasteiger partial charge in [-0.25, -0.2) is 18.4 Å². The predicted molar refractivity (Wildman–Crippen MR) is 103 cm³/mol. The maximum absolute atomic E-state index is 12.5. The molecule has 0 aliphatic heterocycles. The molecule has 3 rings (SSSR count). The zero-order valence-corrected chi connectivity index (χ0v) is 17.0. The Hall–Kier alpha value is -1.97. The Labute approximate surface area is 160 Å². The summed E-state index contributed by atoms with van der Waals surface area (Å²) >= 11 is 2.53. The molecule has 0 fully saturated rings. The van der Waals surface area contributed by atoms with Gasteiger partial charge in [0.1, 0.15) is 10.8 Å². The molecule has 2 heterocycles. The lowest BCUT2D eigenvalue weighted by Gasteiger charge is -2.09. The number of benzene rings is 1. The third-order valence-electron chi connectivity index (χ3n) is 3.46. The summed E-state index contributed by atoms with van der Waals surface area (Å²) in [5.74, 6) is 1.12. The average Bonchev–Trinajstić information content (AvgIpc) is 3.24. The molecule has 6 nitrogen and oxygen atoms in total. The zero-order chi connectivity index (χ0) is 18.7. The van der Waals surface area contributed by atoms with Crippen LogP contribution < -0.4 is 9.47 Å². The number of nitrogens with zero attached hydrogens (tertiary/aromatic N) is 2. The smallest absolute Gasteiger partial charge is 0.211 e. The van der Waals surface area contributed by atoms with E-state index < -0.39 is 9.84 Å². The van der Waals surface area contributed by atoms with Crippen LogP contribution in [0.4, 0.5) is 0 Å². The lowest BCUT2D eigenvalue weighted by molar-refractivity contribution is 0.311. The number of hydrogen-bond donors (Lipinski definition) is 0. The zero-order valence-electron chi connectivity index (χ0n) is 14.6. The Morgan fingerprint density at radius 1 is 1.12 bits per heavy atom. The molecular formula is C17H18N2O4S3. The highest BCUT2D eigenvalue weighted by molar-refractivity contribution is 7.92. The molecule has 0 amide bonds. The molecule has 0 aliphatic rings. The highest BCUT2D eigenvalue weighted by Gasteiger charge is 2.21. The monoisotopic (exact) mass is 410 g/mol. The second-order valence-corrected chi connectivity index (χ2v) is 9.34. The van der Waals surface area contributed by atoms with Gasteiger partial charge in [-0.15, -0.1) is 22.7 Å². The molecule has 9 heteroatoms. The fraction of sp³-hybridized carbons (Fsp3) is 0.294. The molecule has 0 saturated heterocycles. The summed E-state index contributed by atoms with van der Waals surface area (Å²) in [5, 5.41) is 4.22. The Bertz CT molecular complexity index is 1010. The van der Waals surface area contributed by atoms with Gasteiger partial charge in [0.2, 0.25) is 14.2 Å². The molecule has 3 aromatic rings. The number of rotatable bonds is 7. The molecule has 0 bridgehead atoms. The SMILES string of the molecule is CCOc1ccc(-c2nc(CS(=O)(=O)c3nc(C)cs3)cs2)cc1OC. The lowest BCUT2D eigenvalue weighted by atomic mass is 10.2. The van der Waals surface area contributed by atoms with E-state index in [9.17, 15) is 8.42 Å². The van der Waals surface area contributed by atoms with Gasteiger partial charge >= 0.3 is 0 Å². The number of hydrogen-bond acceptors (Lipinski definition) is 8. The topological polar surface area (TPSA) is 78.4 Å². The molecule has 0 atom stereocenters. The standard InChI is InChI=1S/C17H18N2O4S3/c1-4-23-14-6-5-12(7-15(14)22-3)16-19-13(9-24-16)10-26(20,21)17-18-11(2)8-25-17/h5-9H,4,10H2,1-3H3. The van der Waals surface area contributed by atoms with E-state index in [1.165, 1.54) is 11.3 Å². The average molecular weight is 411 g/mol. The second kappa shape index (κ2) is 7.73. The highest BCUT2D eigenvalue weighted by atomic mass is 32.2. The van der Waals surface area contributed by atoms with Crippen molar-refractivity contribution in [2.24, 2.45) is 0 Å². The van der Waals surface area contributed by atoms with Crippen LogP contribution in [-0.4, -0.2) is 32.1 Å². The minimum absolute atomic E-state index is 0.132. The highest BCUT2D eigenvalue weighted by Crippen LogP contribution is 2.34. The van der Waals surface area contributed by atoms with Gasteiger partial charge in [0.05, 0.1) is 19.4 Å². The summed E-state index contributed by atoms with van der Waals surface area (Å²) in [6.07, 6.45) is 0. The summed E-state index contributed by atoms with van der Waals surface area (Å²) in [5.41, 5.74) is 2.06. The van der Waals surface area contributed by atoms with E-state index >= 15 is 0 Å². The third-order valence-corrected chi connectivity index (χ3v) is 7.51. The first-order chi connectivity index (χ1) is 12.4. The van der Waals surface area contributed by atoms with Crippen LogP contribution in [0.1, 0.15) is 18.3 Å². The molecule has 0 aliphatic carbocycles. The molecule has 138 valence electrons. The van der Waals surface area contributed by atoms with Crippen LogP contribution in [0.25, 0.3) is 10.6 Å². The van der Waals surface area contributed by atoms with E-state index in [1.54, 1.807) is 24.8 Å². The molecule has 0 unspecified atom stereocenters. The van der Waals surface area contributed by atoms with Crippen LogP contribution in [0.3, 0.4) is 0 Å². The lowest BCUT2D eigenvalue weighted by Crippen LogP contribution is -2.05. The van der Waals surface area contributed by atoms with Gasteiger partial charge < -0.3 is 9.47 Å². The number of thiazole rings is 2. The van der Waals surface area contributed by atoms with Crippen molar-refractivity contribution >= 4 is 32.5 Å². The fourth-order valence-electron chi connectivity index (χ4n) is 2.31. The first-order valence-electron chi connectivity index (χ1n) is 7.83. The van der Waals surface area contributed by atoms with Crippen molar-refractivity contribution in [3.63, 3.8) is 0 Å². The van der Waals surface area contributed by atoms with Gasteiger partial charge in [-0.2, -0.15) is 0 Å². The van der Waals surface area contributed by atoms with E-state index in [1.807, 2.05) is 25.1 Å². The number of aromatic nitrogens is 2. The van der Waals surface area contributed by atoms with Crippen LogP contribution >= 0.6 is 22.7 Å². The van der Waals surface area contributed by atoms with E-state index in [2.05, 4.69) is 9.97 Å². The van der Waals surface area contributed by atoms with Crippen molar-refractivity contribution in [1.82, 2.24) is 9.97 Å². The number of ether oxygens (including phenoxy) is 2. The maximum Gasteiger partial charge on any atom is 0.211 e. The molecule has 1 aromatic carbocycles. The molecule has 0 radical (unpaired) electrons. The summed E-state index contributed by atoms with van der Waals surface area (Å²) in [4.78, 5) is 8.54. The Kier molecular flexibility index (Phi) is 5.59. The normalized spacial score (nSPS) is 11.5. The largest absolute Gasteiger partial charge is 0.493 e. The number of methoxy groups -OCH3 is 1. The molecule has 2 aromatic heterocycles. The fourth-order valence-corrected chi connectivity index (χ4v) is 5.61. The van der Waals surface area contributed by atoms with Gasteiger partial charge in [-0.3, -0.25) is 0 Å². The minimum Gasteiger partial charge on any atom is -0.493 e. The van der Waals surface area contributed by atoms with E-state index in [4.69, 9.17) is 9.47 Å². The Balaban J connectivity index is 1.84. The van der Waals surface area contributed by atoms with Gasteiger partial charge in [-0.05, 0) is 32.0 Å². The first kappa shape index (κ1) is 18.8.